The standard InChI is InChI=1S/C15H14N2O4/c1-8-13(21-9(2)16-8)14(18)17-7-11(15(19)20)10-5-3-4-6-12(10)17/h3-6,11H,7H2,1-2H3,(H,19,20). The molecule has 1 amide bonds. The van der Waals surface area contributed by atoms with Crippen LogP contribution in [0.15, 0.2) is 28.7 Å². The molecule has 0 saturated carbocycles. The van der Waals surface area contributed by atoms with Gasteiger partial charge in [0.25, 0.3) is 5.91 Å². The Morgan fingerprint density at radius 3 is 2.67 bits per heavy atom. The minimum absolute atomic E-state index is 0.104. The number of carbonyl (C=O) groups is 2. The van der Waals surface area contributed by atoms with Crippen LogP contribution in [0.1, 0.15) is 33.6 Å². The van der Waals surface area contributed by atoms with E-state index in [0.717, 1.165) is 0 Å². The topological polar surface area (TPSA) is 83.6 Å². The molecule has 1 aliphatic heterocycles. The molecule has 0 radical (unpaired) electrons. The summed E-state index contributed by atoms with van der Waals surface area (Å²) >= 11 is 0. The van der Waals surface area contributed by atoms with E-state index in [1.807, 2.05) is 0 Å². The Hall–Kier alpha value is -2.63. The van der Waals surface area contributed by atoms with Gasteiger partial charge in [-0.2, -0.15) is 0 Å². The number of hydrogen-bond acceptors (Lipinski definition) is 4. The fraction of sp³-hybridized carbons (Fsp3) is 0.267. The van der Waals surface area contributed by atoms with E-state index >= 15 is 0 Å². The third-order valence-electron chi connectivity index (χ3n) is 3.61. The minimum atomic E-state index is -0.941. The molecule has 1 atom stereocenters. The highest BCUT2D eigenvalue weighted by atomic mass is 16.4. The van der Waals surface area contributed by atoms with Crippen LogP contribution in [-0.4, -0.2) is 28.5 Å². The van der Waals surface area contributed by atoms with Gasteiger partial charge in [0.1, 0.15) is 5.92 Å². The molecule has 2 aromatic rings. The molecule has 0 aliphatic carbocycles. The molecular weight excluding hydrogens is 272 g/mol. The first-order valence-corrected chi connectivity index (χ1v) is 6.56. The largest absolute Gasteiger partial charge is 0.481 e. The van der Waals surface area contributed by atoms with E-state index in [-0.39, 0.29) is 18.2 Å². The van der Waals surface area contributed by atoms with E-state index in [1.165, 1.54) is 4.90 Å². The van der Waals surface area contributed by atoms with E-state index in [1.54, 1.807) is 38.1 Å². The van der Waals surface area contributed by atoms with Gasteiger partial charge in [0.05, 0.1) is 5.69 Å². The fourth-order valence-corrected chi connectivity index (χ4v) is 2.66. The summed E-state index contributed by atoms with van der Waals surface area (Å²) in [6.07, 6.45) is 0. The van der Waals surface area contributed by atoms with Crippen molar-refractivity contribution in [1.29, 1.82) is 0 Å². The van der Waals surface area contributed by atoms with Crippen LogP contribution >= 0.6 is 0 Å². The van der Waals surface area contributed by atoms with Crippen LogP contribution in [0, 0.1) is 13.8 Å². The van der Waals surface area contributed by atoms with Crippen LogP contribution in [0.4, 0.5) is 5.69 Å². The molecular formula is C15H14N2O4. The first-order chi connectivity index (χ1) is 9.99. The number of rotatable bonds is 2. The Kier molecular flexibility index (Phi) is 3.01. The van der Waals surface area contributed by atoms with Gasteiger partial charge in [-0.05, 0) is 18.6 Å². The number of oxazole rings is 1. The maximum atomic E-state index is 12.6. The Morgan fingerprint density at radius 1 is 1.33 bits per heavy atom. The highest BCUT2D eigenvalue weighted by molar-refractivity contribution is 6.07. The van der Waals surface area contributed by atoms with Gasteiger partial charge >= 0.3 is 5.97 Å². The molecule has 0 spiro atoms. The van der Waals surface area contributed by atoms with Gasteiger partial charge in [0, 0.05) is 19.2 Å². The van der Waals surface area contributed by atoms with Gasteiger partial charge in [-0.25, -0.2) is 4.98 Å². The number of benzene rings is 1. The first kappa shape index (κ1) is 13.4. The fourth-order valence-electron chi connectivity index (χ4n) is 2.66. The van der Waals surface area contributed by atoms with Crippen LogP contribution in [0.3, 0.4) is 0 Å². The summed E-state index contributed by atoms with van der Waals surface area (Å²) in [5, 5.41) is 9.32. The third-order valence-corrected chi connectivity index (χ3v) is 3.61. The van der Waals surface area contributed by atoms with Gasteiger partial charge in [-0.3, -0.25) is 9.59 Å². The predicted octanol–water partition coefficient (Wildman–Crippen LogP) is 2.12. The van der Waals surface area contributed by atoms with Gasteiger partial charge < -0.3 is 14.4 Å². The van der Waals surface area contributed by atoms with Crippen LogP contribution in [-0.2, 0) is 4.79 Å². The quantitative estimate of drug-likeness (QED) is 0.914. The lowest BCUT2D eigenvalue weighted by Gasteiger charge is -2.16. The lowest BCUT2D eigenvalue weighted by molar-refractivity contribution is -0.138. The summed E-state index contributed by atoms with van der Waals surface area (Å²) < 4.78 is 5.35. The van der Waals surface area contributed by atoms with Gasteiger partial charge in [-0.1, -0.05) is 18.2 Å². The molecule has 2 heterocycles. The number of aliphatic carboxylic acids is 1. The highest BCUT2D eigenvalue weighted by Gasteiger charge is 2.38. The molecule has 0 bridgehead atoms. The number of carbonyl (C=O) groups excluding carboxylic acids is 1. The molecule has 21 heavy (non-hydrogen) atoms. The zero-order valence-corrected chi connectivity index (χ0v) is 11.7. The minimum Gasteiger partial charge on any atom is -0.481 e. The molecule has 0 fully saturated rings. The molecule has 1 N–H and O–H groups in total. The number of fused-ring (bicyclic) bond motifs is 1. The Labute approximate surface area is 121 Å². The Morgan fingerprint density at radius 2 is 2.05 bits per heavy atom. The Balaban J connectivity index is 2.02. The van der Waals surface area contributed by atoms with Crippen LogP contribution < -0.4 is 4.90 Å². The average Bonchev–Trinajstić information content (AvgIpc) is 2.98. The van der Waals surface area contributed by atoms with E-state index in [4.69, 9.17) is 4.42 Å². The number of carboxylic acid groups (broad SMARTS) is 1. The average molecular weight is 286 g/mol. The van der Waals surface area contributed by atoms with Crippen molar-refractivity contribution in [2.24, 2.45) is 0 Å². The van der Waals surface area contributed by atoms with Crippen molar-refractivity contribution >= 4 is 17.6 Å². The van der Waals surface area contributed by atoms with Crippen LogP contribution in [0.25, 0.3) is 0 Å². The van der Waals surface area contributed by atoms with Crippen LogP contribution in [0.5, 0.6) is 0 Å². The summed E-state index contributed by atoms with van der Waals surface area (Å²) in [4.78, 5) is 29.5. The lowest BCUT2D eigenvalue weighted by atomic mass is 10.0. The second-order valence-electron chi connectivity index (χ2n) is 5.01. The monoisotopic (exact) mass is 286 g/mol. The van der Waals surface area contributed by atoms with Crippen molar-refractivity contribution in [1.82, 2.24) is 4.98 Å². The maximum Gasteiger partial charge on any atom is 0.312 e. The highest BCUT2D eigenvalue weighted by Crippen LogP contribution is 2.37. The smallest absolute Gasteiger partial charge is 0.312 e. The van der Waals surface area contributed by atoms with E-state index < -0.39 is 11.9 Å². The van der Waals surface area contributed by atoms with Crippen molar-refractivity contribution in [3.8, 4) is 0 Å². The van der Waals surface area contributed by atoms with Crippen molar-refractivity contribution in [2.75, 3.05) is 11.4 Å². The number of hydrogen-bond donors (Lipinski definition) is 1. The summed E-state index contributed by atoms with van der Waals surface area (Å²) in [7, 11) is 0. The van der Waals surface area contributed by atoms with Gasteiger partial charge in [0.15, 0.2) is 5.89 Å². The molecule has 3 rings (SSSR count). The molecule has 0 saturated heterocycles. The molecule has 6 nitrogen and oxygen atoms in total. The lowest BCUT2D eigenvalue weighted by Crippen LogP contribution is -2.31. The molecule has 1 unspecified atom stereocenters. The van der Waals surface area contributed by atoms with Crippen molar-refractivity contribution in [3.63, 3.8) is 0 Å². The second-order valence-corrected chi connectivity index (χ2v) is 5.01. The normalized spacial score (nSPS) is 16.9. The number of aromatic nitrogens is 1. The van der Waals surface area contributed by atoms with Gasteiger partial charge in [-0.15, -0.1) is 0 Å². The van der Waals surface area contributed by atoms with Gasteiger partial charge in [0.2, 0.25) is 5.76 Å². The van der Waals surface area contributed by atoms with Crippen LogP contribution in [0.2, 0.25) is 0 Å². The number of aryl methyl sites for hydroxylation is 2. The number of carboxylic acids is 1. The van der Waals surface area contributed by atoms with Crippen molar-refractivity contribution in [2.45, 2.75) is 19.8 Å². The summed E-state index contributed by atoms with van der Waals surface area (Å²) in [6, 6.07) is 7.03. The Bertz CT molecular complexity index is 735. The molecule has 108 valence electrons. The zero-order chi connectivity index (χ0) is 15.1. The SMILES string of the molecule is Cc1nc(C)c(C(=O)N2CC(C(=O)O)c3ccccc32)o1. The molecule has 1 aliphatic rings. The van der Waals surface area contributed by atoms with E-state index in [9.17, 15) is 14.7 Å². The maximum absolute atomic E-state index is 12.6. The number of amides is 1. The zero-order valence-electron chi connectivity index (χ0n) is 11.7. The van der Waals surface area contributed by atoms with Crippen molar-refractivity contribution < 1.29 is 19.1 Å². The molecule has 1 aromatic heterocycles. The summed E-state index contributed by atoms with van der Waals surface area (Å²) in [6.45, 7) is 3.47. The number of para-hydroxylation sites is 1. The summed E-state index contributed by atoms with van der Waals surface area (Å²) in [5.41, 5.74) is 1.77. The summed E-state index contributed by atoms with van der Waals surface area (Å²) in [5.74, 6) is -1.44. The third kappa shape index (κ3) is 2.08. The predicted molar refractivity (Wildman–Crippen MR) is 74.5 cm³/mol. The van der Waals surface area contributed by atoms with E-state index in [2.05, 4.69) is 4.98 Å². The number of nitrogens with zero attached hydrogens (tertiary/aromatic N) is 2. The number of anilines is 1. The van der Waals surface area contributed by atoms with Crippen molar-refractivity contribution in [3.05, 3.63) is 47.2 Å². The molecule has 6 heteroatoms. The van der Waals surface area contributed by atoms with E-state index in [0.29, 0.717) is 22.8 Å². The molecule has 1 aromatic carbocycles. The second kappa shape index (κ2) is 4.73. The first-order valence-electron chi connectivity index (χ1n) is 6.56.